The standard InChI is InChI=1S/C25H25ClO7S/c1-30-21-11-10-17(9-8-16-12-22(31-2)25(33-4)23(13-16)32-3)20(24(21)27)15-34(28,29)19-7-5-6-18(26)14-19/h5-14,27H,15H2,1-4H3/b9-8-. The Hall–Kier alpha value is -3.36. The third-order valence-corrected chi connectivity index (χ3v) is 7.01. The number of phenols is 1. The first kappa shape index (κ1) is 25.3. The zero-order chi connectivity index (χ0) is 24.9. The van der Waals surface area contributed by atoms with E-state index in [1.54, 1.807) is 48.6 Å². The Balaban J connectivity index is 2.07. The van der Waals surface area contributed by atoms with E-state index in [0.717, 1.165) is 0 Å². The van der Waals surface area contributed by atoms with Crippen molar-refractivity contribution in [3.05, 3.63) is 70.2 Å². The number of halogens is 1. The molecule has 0 amide bonds. The van der Waals surface area contributed by atoms with Gasteiger partial charge >= 0.3 is 0 Å². The predicted octanol–water partition coefficient (Wildman–Crippen LogP) is 5.22. The zero-order valence-electron chi connectivity index (χ0n) is 19.2. The number of phenolic OH excluding ortho intramolecular Hbond substituents is 1. The molecule has 34 heavy (non-hydrogen) atoms. The summed E-state index contributed by atoms with van der Waals surface area (Å²) in [5.74, 6) is 0.871. The predicted molar refractivity (Wildman–Crippen MR) is 132 cm³/mol. The molecule has 180 valence electrons. The summed E-state index contributed by atoms with van der Waals surface area (Å²) in [6, 6.07) is 12.7. The third kappa shape index (κ3) is 5.40. The van der Waals surface area contributed by atoms with Crippen LogP contribution in [0.3, 0.4) is 0 Å². The highest BCUT2D eigenvalue weighted by atomic mass is 35.5. The molecule has 0 atom stereocenters. The fraction of sp³-hybridized carbons (Fsp3) is 0.200. The fourth-order valence-corrected chi connectivity index (χ4v) is 5.12. The van der Waals surface area contributed by atoms with Crippen LogP contribution in [-0.2, 0) is 15.6 Å². The maximum Gasteiger partial charge on any atom is 0.203 e. The molecule has 3 rings (SSSR count). The van der Waals surface area contributed by atoms with Crippen LogP contribution in [0.2, 0.25) is 5.02 Å². The van der Waals surface area contributed by atoms with Gasteiger partial charge in [-0.25, -0.2) is 8.42 Å². The molecule has 0 fully saturated rings. The first-order chi connectivity index (χ1) is 16.2. The average Bonchev–Trinajstić information content (AvgIpc) is 2.83. The van der Waals surface area contributed by atoms with Gasteiger partial charge in [0, 0.05) is 10.6 Å². The van der Waals surface area contributed by atoms with Crippen molar-refractivity contribution in [3.63, 3.8) is 0 Å². The lowest BCUT2D eigenvalue weighted by molar-refractivity contribution is 0.324. The van der Waals surface area contributed by atoms with E-state index in [4.69, 9.17) is 30.5 Å². The van der Waals surface area contributed by atoms with E-state index in [1.807, 2.05) is 0 Å². The van der Waals surface area contributed by atoms with Gasteiger partial charge in [-0.2, -0.15) is 0 Å². The van der Waals surface area contributed by atoms with Crippen molar-refractivity contribution in [1.82, 2.24) is 0 Å². The van der Waals surface area contributed by atoms with Gasteiger partial charge in [0.25, 0.3) is 0 Å². The van der Waals surface area contributed by atoms with Gasteiger partial charge in [0.05, 0.1) is 39.1 Å². The Bertz CT molecular complexity index is 1290. The molecule has 0 aromatic heterocycles. The molecular weight excluding hydrogens is 480 g/mol. The number of hydrogen-bond donors (Lipinski definition) is 1. The van der Waals surface area contributed by atoms with Crippen molar-refractivity contribution in [3.8, 4) is 28.7 Å². The molecule has 9 heteroatoms. The second-order valence-electron chi connectivity index (χ2n) is 7.19. The highest BCUT2D eigenvalue weighted by molar-refractivity contribution is 7.90. The second kappa shape index (κ2) is 10.7. The normalized spacial score (nSPS) is 11.4. The molecule has 0 saturated heterocycles. The van der Waals surface area contributed by atoms with Crippen LogP contribution < -0.4 is 18.9 Å². The van der Waals surface area contributed by atoms with Gasteiger partial charge < -0.3 is 24.1 Å². The van der Waals surface area contributed by atoms with Crippen LogP contribution in [0.4, 0.5) is 0 Å². The molecule has 0 bridgehead atoms. The Morgan fingerprint density at radius 3 is 2.06 bits per heavy atom. The van der Waals surface area contributed by atoms with Crippen molar-refractivity contribution in [1.29, 1.82) is 0 Å². The zero-order valence-corrected chi connectivity index (χ0v) is 20.7. The van der Waals surface area contributed by atoms with Crippen LogP contribution in [-0.4, -0.2) is 42.0 Å². The summed E-state index contributed by atoms with van der Waals surface area (Å²) in [7, 11) is 2.14. The molecule has 0 heterocycles. The Morgan fingerprint density at radius 1 is 0.853 bits per heavy atom. The highest BCUT2D eigenvalue weighted by Crippen LogP contribution is 2.39. The van der Waals surface area contributed by atoms with E-state index in [2.05, 4.69) is 0 Å². The molecule has 0 spiro atoms. The number of sulfone groups is 1. The first-order valence-corrected chi connectivity index (χ1v) is 12.1. The molecule has 7 nitrogen and oxygen atoms in total. The van der Waals surface area contributed by atoms with E-state index in [1.165, 1.54) is 40.6 Å². The van der Waals surface area contributed by atoms with Crippen molar-refractivity contribution in [2.75, 3.05) is 28.4 Å². The smallest absolute Gasteiger partial charge is 0.203 e. The summed E-state index contributed by atoms with van der Waals surface area (Å²) in [5.41, 5.74) is 1.41. The van der Waals surface area contributed by atoms with Gasteiger partial charge in [-0.05, 0) is 47.5 Å². The topological polar surface area (TPSA) is 91.3 Å². The molecular formula is C25H25ClO7S. The van der Waals surface area contributed by atoms with Crippen molar-refractivity contribution >= 4 is 33.6 Å². The molecule has 0 unspecified atom stereocenters. The second-order valence-corrected chi connectivity index (χ2v) is 9.62. The van der Waals surface area contributed by atoms with Crippen LogP contribution in [0.15, 0.2) is 53.4 Å². The number of aromatic hydroxyl groups is 1. The maximum absolute atomic E-state index is 13.1. The van der Waals surface area contributed by atoms with E-state index >= 15 is 0 Å². The maximum atomic E-state index is 13.1. The molecule has 0 aliphatic rings. The van der Waals surface area contributed by atoms with E-state index in [0.29, 0.717) is 33.4 Å². The molecule has 0 aliphatic heterocycles. The Morgan fingerprint density at radius 2 is 1.50 bits per heavy atom. The van der Waals surface area contributed by atoms with E-state index < -0.39 is 15.6 Å². The van der Waals surface area contributed by atoms with Gasteiger partial charge in [-0.15, -0.1) is 0 Å². The van der Waals surface area contributed by atoms with Crippen LogP contribution in [0.5, 0.6) is 28.7 Å². The molecule has 3 aromatic rings. The molecule has 1 N–H and O–H groups in total. The molecule has 3 aromatic carbocycles. The SMILES string of the molecule is COc1ccc(/C=C\c2cc(OC)c(OC)c(OC)c2)c(CS(=O)(=O)c2cccc(Cl)c2)c1O. The van der Waals surface area contributed by atoms with E-state index in [9.17, 15) is 13.5 Å². The quantitative estimate of drug-likeness (QED) is 0.399. The summed E-state index contributed by atoms with van der Waals surface area (Å²) in [5, 5.41) is 11.1. The fourth-order valence-electron chi connectivity index (χ4n) is 3.42. The Labute approximate surface area is 204 Å². The number of ether oxygens (including phenoxy) is 4. The summed E-state index contributed by atoms with van der Waals surface area (Å²) >= 11 is 5.98. The summed E-state index contributed by atoms with van der Waals surface area (Å²) in [6.07, 6.45) is 3.45. The van der Waals surface area contributed by atoms with Crippen LogP contribution in [0.1, 0.15) is 16.7 Å². The minimum atomic E-state index is -3.81. The van der Waals surface area contributed by atoms with Gasteiger partial charge in [0.2, 0.25) is 5.75 Å². The van der Waals surface area contributed by atoms with Crippen molar-refractivity contribution in [2.24, 2.45) is 0 Å². The van der Waals surface area contributed by atoms with Crippen molar-refractivity contribution in [2.45, 2.75) is 10.6 Å². The summed E-state index contributed by atoms with van der Waals surface area (Å²) in [6.45, 7) is 0. The molecule has 0 saturated carbocycles. The van der Waals surface area contributed by atoms with E-state index in [-0.39, 0.29) is 22.0 Å². The van der Waals surface area contributed by atoms with Gasteiger partial charge in [-0.1, -0.05) is 35.9 Å². The lowest BCUT2D eigenvalue weighted by Crippen LogP contribution is -2.07. The largest absolute Gasteiger partial charge is 0.504 e. The monoisotopic (exact) mass is 504 g/mol. The summed E-state index contributed by atoms with van der Waals surface area (Å²) in [4.78, 5) is 0.0572. The lowest BCUT2D eigenvalue weighted by Gasteiger charge is -2.14. The first-order valence-electron chi connectivity index (χ1n) is 10.1. The number of benzene rings is 3. The van der Waals surface area contributed by atoms with Gasteiger partial charge in [0.1, 0.15) is 0 Å². The third-order valence-electron chi connectivity index (χ3n) is 5.13. The highest BCUT2D eigenvalue weighted by Gasteiger charge is 2.22. The van der Waals surface area contributed by atoms with Crippen molar-refractivity contribution < 1.29 is 32.5 Å². The average molecular weight is 505 g/mol. The number of hydrogen-bond acceptors (Lipinski definition) is 7. The van der Waals surface area contributed by atoms with Crippen LogP contribution in [0, 0.1) is 0 Å². The Kier molecular flexibility index (Phi) is 7.96. The minimum absolute atomic E-state index is 0.0572. The van der Waals surface area contributed by atoms with Gasteiger partial charge in [0.15, 0.2) is 32.8 Å². The van der Waals surface area contributed by atoms with Gasteiger partial charge in [-0.3, -0.25) is 0 Å². The number of rotatable bonds is 9. The number of methoxy groups -OCH3 is 4. The minimum Gasteiger partial charge on any atom is -0.504 e. The van der Waals surface area contributed by atoms with Crippen LogP contribution >= 0.6 is 11.6 Å². The summed E-state index contributed by atoms with van der Waals surface area (Å²) < 4.78 is 47.5. The lowest BCUT2D eigenvalue weighted by atomic mass is 10.0. The molecule has 0 aliphatic carbocycles. The van der Waals surface area contributed by atoms with Crippen LogP contribution in [0.25, 0.3) is 12.2 Å². The molecule has 0 radical (unpaired) electrons.